The number of Topliss-reactive ketones (excluding diaryl/α,β-unsaturated/α-hetero) is 1. The molecule has 0 atom stereocenters. The number of ketones is 2. The molecule has 1 amide bonds. The molecule has 0 aliphatic heterocycles. The zero-order chi connectivity index (χ0) is 19.0. The van der Waals surface area contributed by atoms with E-state index in [-0.39, 0.29) is 6.42 Å². The fraction of sp³-hybridized carbons (Fsp3) is 0.176. The molecule has 8 nitrogen and oxygen atoms in total. The van der Waals surface area contributed by atoms with Gasteiger partial charge in [-0.2, -0.15) is 0 Å². The van der Waals surface area contributed by atoms with Crippen LogP contribution in [0.15, 0.2) is 47.9 Å². The Bertz CT molecular complexity index is 745. The Labute approximate surface area is 143 Å². The lowest BCUT2D eigenvalue weighted by Crippen LogP contribution is -2.11. The third-order valence-electron chi connectivity index (χ3n) is 2.92. The van der Waals surface area contributed by atoms with Gasteiger partial charge in [0.15, 0.2) is 17.3 Å². The number of rotatable bonds is 7. The highest BCUT2D eigenvalue weighted by Crippen LogP contribution is 2.11. The molecule has 0 spiro atoms. The SMILES string of the molecule is COC(=O)/C(O)=C\C(=O)Cc1ccc(NC(=O)/C=C(/O)C(C)=O)cc1. The quantitative estimate of drug-likeness (QED) is 0.386. The first-order valence-electron chi connectivity index (χ1n) is 7.06. The highest BCUT2D eigenvalue weighted by atomic mass is 16.5. The first-order valence-corrected chi connectivity index (χ1v) is 7.06. The van der Waals surface area contributed by atoms with Crippen molar-refractivity contribution >= 4 is 29.1 Å². The Balaban J connectivity index is 2.69. The van der Waals surface area contributed by atoms with Gasteiger partial charge in [-0.3, -0.25) is 14.4 Å². The number of nitrogens with one attached hydrogen (secondary N) is 1. The lowest BCUT2D eigenvalue weighted by Gasteiger charge is -2.04. The van der Waals surface area contributed by atoms with E-state index in [9.17, 15) is 29.4 Å². The first kappa shape index (κ1) is 19.6. The summed E-state index contributed by atoms with van der Waals surface area (Å²) in [6, 6.07) is 6.16. The zero-order valence-electron chi connectivity index (χ0n) is 13.6. The predicted octanol–water partition coefficient (Wildman–Crippen LogP) is 1.38. The Hall–Kier alpha value is -3.42. The van der Waals surface area contributed by atoms with Crippen molar-refractivity contribution in [2.24, 2.45) is 0 Å². The van der Waals surface area contributed by atoms with Gasteiger partial charge >= 0.3 is 5.97 Å². The number of aliphatic hydroxyl groups excluding tert-OH is 2. The van der Waals surface area contributed by atoms with Crippen LogP contribution in [0.3, 0.4) is 0 Å². The number of esters is 1. The summed E-state index contributed by atoms with van der Waals surface area (Å²) >= 11 is 0. The molecule has 1 aromatic rings. The average Bonchev–Trinajstić information content (AvgIpc) is 2.55. The third kappa shape index (κ3) is 6.69. The molecule has 0 aromatic heterocycles. The fourth-order valence-electron chi connectivity index (χ4n) is 1.68. The number of hydrogen-bond acceptors (Lipinski definition) is 7. The van der Waals surface area contributed by atoms with Gasteiger partial charge in [-0.1, -0.05) is 12.1 Å². The number of anilines is 1. The number of aliphatic hydroxyl groups is 2. The molecule has 0 aliphatic rings. The van der Waals surface area contributed by atoms with Crippen molar-refractivity contribution in [3.63, 3.8) is 0 Å². The lowest BCUT2D eigenvalue weighted by molar-refractivity contribution is -0.139. The number of methoxy groups -OCH3 is 1. The van der Waals surface area contributed by atoms with Crippen molar-refractivity contribution in [3.8, 4) is 0 Å². The molecule has 0 aliphatic carbocycles. The largest absolute Gasteiger partial charge is 0.504 e. The zero-order valence-corrected chi connectivity index (χ0v) is 13.6. The minimum Gasteiger partial charge on any atom is -0.504 e. The average molecular weight is 347 g/mol. The highest BCUT2D eigenvalue weighted by Gasteiger charge is 2.10. The Morgan fingerprint density at radius 2 is 1.64 bits per heavy atom. The van der Waals surface area contributed by atoms with Gasteiger partial charge in [0, 0.05) is 31.2 Å². The second kappa shape index (κ2) is 9.02. The maximum absolute atomic E-state index is 11.7. The minimum absolute atomic E-state index is 0.0691. The Morgan fingerprint density at radius 1 is 1.04 bits per heavy atom. The van der Waals surface area contributed by atoms with E-state index < -0.39 is 35.0 Å². The molecule has 0 bridgehead atoms. The molecule has 0 saturated carbocycles. The molecule has 1 aromatic carbocycles. The van der Waals surface area contributed by atoms with E-state index in [1.54, 1.807) is 12.1 Å². The van der Waals surface area contributed by atoms with Crippen LogP contribution < -0.4 is 5.32 Å². The maximum atomic E-state index is 11.7. The molecule has 3 N–H and O–H groups in total. The smallest absolute Gasteiger partial charge is 0.373 e. The van der Waals surface area contributed by atoms with Crippen LogP contribution in [-0.2, 0) is 30.3 Å². The number of amides is 1. The van der Waals surface area contributed by atoms with Crippen LogP contribution in [0.25, 0.3) is 0 Å². The number of benzene rings is 1. The fourth-order valence-corrected chi connectivity index (χ4v) is 1.68. The van der Waals surface area contributed by atoms with Crippen LogP contribution in [0.2, 0.25) is 0 Å². The summed E-state index contributed by atoms with van der Waals surface area (Å²) in [7, 11) is 1.08. The second-order valence-corrected chi connectivity index (χ2v) is 4.94. The van der Waals surface area contributed by atoms with E-state index >= 15 is 0 Å². The Kier molecular flexibility index (Phi) is 7.08. The molecule has 0 fully saturated rings. The summed E-state index contributed by atoms with van der Waals surface area (Å²) < 4.78 is 4.26. The molecule has 8 heteroatoms. The molecule has 25 heavy (non-hydrogen) atoms. The third-order valence-corrected chi connectivity index (χ3v) is 2.92. The monoisotopic (exact) mass is 347 g/mol. The normalized spacial score (nSPS) is 11.6. The maximum Gasteiger partial charge on any atom is 0.373 e. The summed E-state index contributed by atoms with van der Waals surface area (Å²) in [5.41, 5.74) is 0.973. The molecule has 1 rings (SSSR count). The molecule has 0 radical (unpaired) electrons. The van der Waals surface area contributed by atoms with Crippen LogP contribution in [-0.4, -0.2) is 40.8 Å². The van der Waals surface area contributed by atoms with Crippen molar-refractivity contribution < 1.29 is 34.1 Å². The summed E-state index contributed by atoms with van der Waals surface area (Å²) in [5.74, 6) is -4.26. The van der Waals surface area contributed by atoms with Crippen LogP contribution in [0.1, 0.15) is 12.5 Å². The number of hydrogen-bond donors (Lipinski definition) is 3. The number of ether oxygens (including phenoxy) is 1. The Morgan fingerprint density at radius 3 is 2.16 bits per heavy atom. The van der Waals surface area contributed by atoms with Crippen molar-refractivity contribution in [1.82, 2.24) is 0 Å². The van der Waals surface area contributed by atoms with Gasteiger partial charge in [-0.15, -0.1) is 0 Å². The van der Waals surface area contributed by atoms with Crippen LogP contribution in [0, 0.1) is 0 Å². The van der Waals surface area contributed by atoms with E-state index in [4.69, 9.17) is 0 Å². The molecule has 132 valence electrons. The van der Waals surface area contributed by atoms with Crippen LogP contribution >= 0.6 is 0 Å². The molecule has 0 unspecified atom stereocenters. The van der Waals surface area contributed by atoms with Gasteiger partial charge in [-0.05, 0) is 17.7 Å². The van der Waals surface area contributed by atoms with Crippen molar-refractivity contribution in [1.29, 1.82) is 0 Å². The summed E-state index contributed by atoms with van der Waals surface area (Å²) in [6.45, 7) is 1.12. The minimum atomic E-state index is -1.01. The molecule has 0 heterocycles. The van der Waals surface area contributed by atoms with E-state index in [1.807, 2.05) is 0 Å². The van der Waals surface area contributed by atoms with E-state index in [0.29, 0.717) is 11.3 Å². The highest BCUT2D eigenvalue weighted by molar-refractivity contribution is 6.05. The van der Waals surface area contributed by atoms with E-state index in [0.717, 1.165) is 26.2 Å². The number of allylic oxidation sites excluding steroid dienone is 2. The van der Waals surface area contributed by atoms with E-state index in [1.165, 1.54) is 12.1 Å². The summed E-state index contributed by atoms with van der Waals surface area (Å²) in [4.78, 5) is 45.1. The molecular formula is C17H17NO7. The summed E-state index contributed by atoms with van der Waals surface area (Å²) in [6.07, 6.45) is 1.47. The van der Waals surface area contributed by atoms with Crippen molar-refractivity contribution in [2.75, 3.05) is 12.4 Å². The summed E-state index contributed by atoms with van der Waals surface area (Å²) in [5, 5.41) is 20.9. The lowest BCUT2D eigenvalue weighted by atomic mass is 10.1. The second-order valence-electron chi connectivity index (χ2n) is 4.94. The van der Waals surface area contributed by atoms with Crippen LogP contribution in [0.4, 0.5) is 5.69 Å². The molecule has 0 saturated heterocycles. The molecular weight excluding hydrogens is 330 g/mol. The number of carbonyl (C=O) groups is 4. The van der Waals surface area contributed by atoms with Crippen molar-refractivity contribution in [2.45, 2.75) is 13.3 Å². The topological polar surface area (TPSA) is 130 Å². The van der Waals surface area contributed by atoms with Crippen molar-refractivity contribution in [3.05, 3.63) is 53.5 Å². The number of carbonyl (C=O) groups excluding carboxylic acids is 4. The van der Waals surface area contributed by atoms with Gasteiger partial charge in [0.1, 0.15) is 0 Å². The van der Waals surface area contributed by atoms with E-state index in [2.05, 4.69) is 10.1 Å². The van der Waals surface area contributed by atoms with Gasteiger partial charge in [0.05, 0.1) is 7.11 Å². The standard InChI is InChI=1S/C17H17NO7/c1-10(19)14(21)9-16(23)18-12-5-3-11(4-6-12)7-13(20)8-15(22)17(24)25-2/h3-6,8-9,21-22H,7H2,1-2H3,(H,18,23)/b14-9+,15-8+. The van der Waals surface area contributed by atoms with Gasteiger partial charge in [0.25, 0.3) is 5.91 Å². The van der Waals surface area contributed by atoms with Crippen LogP contribution in [0.5, 0.6) is 0 Å². The predicted molar refractivity (Wildman–Crippen MR) is 87.9 cm³/mol. The van der Waals surface area contributed by atoms with Gasteiger partial charge < -0.3 is 20.3 Å². The first-order chi connectivity index (χ1) is 11.7. The van der Waals surface area contributed by atoms with Gasteiger partial charge in [-0.25, -0.2) is 4.79 Å². The van der Waals surface area contributed by atoms with Gasteiger partial charge in [0.2, 0.25) is 5.76 Å².